The van der Waals surface area contributed by atoms with Crippen LogP contribution < -0.4 is 24.8 Å². The van der Waals surface area contributed by atoms with Crippen LogP contribution in [0, 0.1) is 5.82 Å². The molecule has 1 saturated carbocycles. The van der Waals surface area contributed by atoms with Crippen LogP contribution in [0.2, 0.25) is 5.02 Å². The van der Waals surface area contributed by atoms with Crippen LogP contribution in [0.1, 0.15) is 28.9 Å². The summed E-state index contributed by atoms with van der Waals surface area (Å²) >= 11 is 6.00. The third kappa shape index (κ3) is 6.96. The topological polar surface area (TPSA) is 122 Å². The highest BCUT2D eigenvalue weighted by atomic mass is 35.5. The fourth-order valence-corrected chi connectivity index (χ4v) is 4.16. The molecule has 3 aromatic rings. The lowest BCUT2D eigenvalue weighted by molar-refractivity contribution is 0.0311. The van der Waals surface area contributed by atoms with Crippen molar-refractivity contribution < 1.29 is 33.6 Å². The van der Waals surface area contributed by atoms with Gasteiger partial charge in [-0.25, -0.2) is 9.37 Å². The molecule has 0 radical (unpaired) electrons. The van der Waals surface area contributed by atoms with E-state index in [4.69, 9.17) is 30.9 Å². The van der Waals surface area contributed by atoms with Crippen molar-refractivity contribution in [2.75, 3.05) is 40.5 Å². The molecule has 39 heavy (non-hydrogen) atoms. The van der Waals surface area contributed by atoms with Gasteiger partial charge in [0.1, 0.15) is 29.5 Å². The molecule has 4 N–H and O–H groups in total. The number of halogens is 2. The molecule has 208 valence electrons. The average molecular weight is 560 g/mol. The number of aliphatic hydroxyl groups is 2. The lowest BCUT2D eigenvalue weighted by Crippen LogP contribution is -2.48. The second-order valence-electron chi connectivity index (χ2n) is 9.18. The summed E-state index contributed by atoms with van der Waals surface area (Å²) in [5.74, 6) is 0.141. The Bertz CT molecular complexity index is 1320. The van der Waals surface area contributed by atoms with Gasteiger partial charge in [0.25, 0.3) is 5.91 Å². The summed E-state index contributed by atoms with van der Waals surface area (Å²) in [7, 11) is 2.94. The molecule has 0 aliphatic heterocycles. The van der Waals surface area contributed by atoms with Gasteiger partial charge in [0.2, 0.25) is 0 Å². The number of hydrogen-bond acceptors (Lipinski definition) is 8. The van der Waals surface area contributed by atoms with Crippen LogP contribution in [-0.2, 0) is 5.60 Å². The Kier molecular flexibility index (Phi) is 9.24. The molecule has 1 aliphatic carbocycles. The number of aromatic nitrogens is 1. The van der Waals surface area contributed by atoms with Crippen molar-refractivity contribution in [1.29, 1.82) is 0 Å². The molecule has 4 rings (SSSR count). The second kappa shape index (κ2) is 12.6. The quantitative estimate of drug-likeness (QED) is 0.252. The first-order valence-corrected chi connectivity index (χ1v) is 12.8. The van der Waals surface area contributed by atoms with E-state index in [0.717, 1.165) is 12.8 Å². The Balaban J connectivity index is 1.60. The van der Waals surface area contributed by atoms with Crippen LogP contribution in [0.3, 0.4) is 0 Å². The third-order valence-electron chi connectivity index (χ3n) is 6.32. The molecule has 11 heteroatoms. The molecular formula is C28H31ClFN3O6. The minimum Gasteiger partial charge on any atom is -0.494 e. The summed E-state index contributed by atoms with van der Waals surface area (Å²) in [4.78, 5) is 17.7. The number of aliphatic hydroxyl groups excluding tert-OH is 1. The van der Waals surface area contributed by atoms with E-state index in [-0.39, 0.29) is 43.1 Å². The second-order valence-corrected chi connectivity index (χ2v) is 9.59. The van der Waals surface area contributed by atoms with Gasteiger partial charge < -0.3 is 35.1 Å². The zero-order valence-electron chi connectivity index (χ0n) is 21.7. The van der Waals surface area contributed by atoms with Gasteiger partial charge in [0, 0.05) is 23.7 Å². The summed E-state index contributed by atoms with van der Waals surface area (Å²) in [6.07, 6.45) is 2.00. The SMILES string of the molecule is COc1cc(C(=O)NCC(O)(CNC2CC2)c2ccc(OC)c(-c3ccc(F)c(Cl)c3)n2)ccc1OCCO. The van der Waals surface area contributed by atoms with E-state index in [0.29, 0.717) is 34.1 Å². The summed E-state index contributed by atoms with van der Waals surface area (Å²) in [6, 6.07) is 12.4. The first kappa shape index (κ1) is 28.6. The minimum atomic E-state index is -1.59. The largest absolute Gasteiger partial charge is 0.494 e. The molecule has 1 atom stereocenters. The standard InChI is InChI=1S/C28H31ClFN3O6/c1-37-23-9-10-25(33-26(23)17-3-7-21(30)20(29)13-17)28(36,15-31-19-5-6-19)16-32-27(35)18-4-8-22(39-12-11-34)24(14-18)38-2/h3-4,7-10,13-14,19,31,34,36H,5-6,11-12,15-16H2,1-2H3,(H,32,35). The van der Waals surface area contributed by atoms with Crippen LogP contribution in [-0.4, -0.2) is 67.7 Å². The van der Waals surface area contributed by atoms with Gasteiger partial charge in [-0.05, 0) is 61.4 Å². The van der Waals surface area contributed by atoms with E-state index in [1.807, 2.05) is 0 Å². The third-order valence-corrected chi connectivity index (χ3v) is 6.61. The Hall–Kier alpha value is -3.44. The fourth-order valence-electron chi connectivity index (χ4n) is 3.98. The van der Waals surface area contributed by atoms with Gasteiger partial charge in [-0.2, -0.15) is 0 Å². The predicted molar refractivity (Wildman–Crippen MR) is 144 cm³/mol. The molecule has 1 amide bonds. The Morgan fingerprint density at radius 1 is 1.08 bits per heavy atom. The summed E-state index contributed by atoms with van der Waals surface area (Å²) in [5.41, 5.74) is -0.117. The predicted octanol–water partition coefficient (Wildman–Crippen LogP) is 3.30. The number of benzene rings is 2. The van der Waals surface area contributed by atoms with Crippen LogP contribution in [0.5, 0.6) is 17.2 Å². The van der Waals surface area contributed by atoms with Crippen molar-refractivity contribution in [3.63, 3.8) is 0 Å². The van der Waals surface area contributed by atoms with E-state index >= 15 is 0 Å². The van der Waals surface area contributed by atoms with Crippen LogP contribution in [0.25, 0.3) is 11.3 Å². The first-order valence-electron chi connectivity index (χ1n) is 12.4. The van der Waals surface area contributed by atoms with E-state index in [9.17, 15) is 14.3 Å². The average Bonchev–Trinajstić information content (AvgIpc) is 3.79. The smallest absolute Gasteiger partial charge is 0.251 e. The highest BCUT2D eigenvalue weighted by molar-refractivity contribution is 6.31. The Labute approximate surface area is 230 Å². The molecule has 1 unspecified atom stereocenters. The van der Waals surface area contributed by atoms with Gasteiger partial charge in [0.05, 0.1) is 38.1 Å². The zero-order valence-corrected chi connectivity index (χ0v) is 22.4. The summed E-state index contributed by atoms with van der Waals surface area (Å²) in [5, 5.41) is 26.8. The molecular weight excluding hydrogens is 529 g/mol. The fraction of sp³-hybridized carbons (Fsp3) is 0.357. The van der Waals surface area contributed by atoms with Crippen molar-refractivity contribution in [2.45, 2.75) is 24.5 Å². The van der Waals surface area contributed by atoms with Gasteiger partial charge in [-0.1, -0.05) is 11.6 Å². The van der Waals surface area contributed by atoms with Gasteiger partial charge in [0.15, 0.2) is 11.5 Å². The van der Waals surface area contributed by atoms with Crippen molar-refractivity contribution in [1.82, 2.24) is 15.6 Å². The van der Waals surface area contributed by atoms with Gasteiger partial charge in [-0.15, -0.1) is 0 Å². The van der Waals surface area contributed by atoms with Crippen LogP contribution >= 0.6 is 11.6 Å². The van der Waals surface area contributed by atoms with E-state index < -0.39 is 17.3 Å². The van der Waals surface area contributed by atoms with Crippen molar-refractivity contribution in [3.8, 4) is 28.5 Å². The molecule has 1 heterocycles. The van der Waals surface area contributed by atoms with E-state index in [1.54, 1.807) is 24.3 Å². The molecule has 1 fully saturated rings. The van der Waals surface area contributed by atoms with Crippen molar-refractivity contribution in [2.24, 2.45) is 0 Å². The molecule has 9 nitrogen and oxygen atoms in total. The number of nitrogens with one attached hydrogen (secondary N) is 2. The Morgan fingerprint density at radius 2 is 1.82 bits per heavy atom. The molecule has 1 aliphatic rings. The first-order chi connectivity index (χ1) is 18.8. The van der Waals surface area contributed by atoms with Crippen molar-refractivity contribution >= 4 is 17.5 Å². The maximum absolute atomic E-state index is 13.8. The van der Waals surface area contributed by atoms with E-state index in [1.165, 1.54) is 38.5 Å². The molecule has 0 saturated heterocycles. The Morgan fingerprint density at radius 3 is 2.49 bits per heavy atom. The normalized spacial score (nSPS) is 14.4. The monoisotopic (exact) mass is 559 g/mol. The van der Waals surface area contributed by atoms with Crippen molar-refractivity contribution in [3.05, 3.63) is 70.6 Å². The maximum atomic E-state index is 13.8. The zero-order chi connectivity index (χ0) is 28.0. The number of methoxy groups -OCH3 is 2. The van der Waals surface area contributed by atoms with Crippen LogP contribution in [0.4, 0.5) is 4.39 Å². The highest BCUT2D eigenvalue weighted by Crippen LogP contribution is 2.34. The number of carbonyl (C=O) groups excluding carboxylic acids is 1. The van der Waals surface area contributed by atoms with Gasteiger partial charge >= 0.3 is 0 Å². The lowest BCUT2D eigenvalue weighted by Gasteiger charge is -2.29. The summed E-state index contributed by atoms with van der Waals surface area (Å²) < 4.78 is 30.0. The molecule has 1 aromatic heterocycles. The number of hydrogen-bond donors (Lipinski definition) is 4. The lowest BCUT2D eigenvalue weighted by atomic mass is 9.97. The minimum absolute atomic E-state index is 0.0668. The number of carbonyl (C=O) groups is 1. The number of rotatable bonds is 13. The molecule has 0 spiro atoms. The summed E-state index contributed by atoms with van der Waals surface area (Å²) in [6.45, 7) is -0.0875. The number of ether oxygens (including phenoxy) is 3. The number of nitrogens with zero attached hydrogens (tertiary/aromatic N) is 1. The maximum Gasteiger partial charge on any atom is 0.251 e. The highest BCUT2D eigenvalue weighted by Gasteiger charge is 2.35. The van der Waals surface area contributed by atoms with Gasteiger partial charge in [-0.3, -0.25) is 4.79 Å². The number of amides is 1. The molecule has 2 aromatic carbocycles. The molecule has 0 bridgehead atoms. The number of pyridine rings is 1. The van der Waals surface area contributed by atoms with Crippen LogP contribution in [0.15, 0.2) is 48.5 Å². The van der Waals surface area contributed by atoms with E-state index in [2.05, 4.69) is 15.6 Å².